The van der Waals surface area contributed by atoms with Crippen LogP contribution in [0.1, 0.15) is 11.1 Å². The molecule has 3 rings (SSSR count). The molecular weight excluding hydrogens is 304 g/mol. The molecule has 1 aliphatic carbocycles. The average Bonchev–Trinajstić information content (AvgIpc) is 2.53. The van der Waals surface area contributed by atoms with Crippen molar-refractivity contribution in [3.8, 4) is 11.1 Å². The monoisotopic (exact) mass is 318 g/mol. The van der Waals surface area contributed by atoms with Crippen LogP contribution >= 0.6 is 0 Å². The lowest BCUT2D eigenvalue weighted by molar-refractivity contribution is 0.207. The number of hydrogen-bond acceptors (Lipinski definition) is 0. The maximum atomic E-state index is 14.3. The third-order valence-corrected chi connectivity index (χ3v) is 3.84. The number of aryl methyl sites for hydroxylation is 1. The van der Waals surface area contributed by atoms with Gasteiger partial charge in [-0.25, -0.2) is 17.6 Å². The maximum absolute atomic E-state index is 14.3. The Morgan fingerprint density at radius 2 is 1.52 bits per heavy atom. The molecule has 118 valence electrons. The fourth-order valence-electron chi connectivity index (χ4n) is 2.53. The van der Waals surface area contributed by atoms with E-state index in [-0.39, 0.29) is 11.1 Å². The van der Waals surface area contributed by atoms with Gasteiger partial charge in [0, 0.05) is 5.56 Å². The summed E-state index contributed by atoms with van der Waals surface area (Å²) in [4.78, 5) is 0. The zero-order chi connectivity index (χ0) is 16.6. The van der Waals surface area contributed by atoms with Crippen LogP contribution in [-0.2, 0) is 0 Å². The fraction of sp³-hybridized carbons (Fsp3) is 0.158. The van der Waals surface area contributed by atoms with Crippen LogP contribution in [0.4, 0.5) is 17.6 Å². The molecule has 2 atom stereocenters. The first kappa shape index (κ1) is 15.5. The van der Waals surface area contributed by atoms with Gasteiger partial charge in [0.25, 0.3) is 0 Å². The van der Waals surface area contributed by atoms with Gasteiger partial charge in [-0.1, -0.05) is 42.0 Å². The normalized spacial score (nSPS) is 20.9. The molecule has 0 saturated carbocycles. The molecule has 0 heterocycles. The molecule has 4 heteroatoms. The third-order valence-electron chi connectivity index (χ3n) is 3.84. The quantitative estimate of drug-likeness (QED) is 0.621. The predicted molar refractivity (Wildman–Crippen MR) is 83.5 cm³/mol. The van der Waals surface area contributed by atoms with E-state index in [0.717, 1.165) is 23.3 Å². The summed E-state index contributed by atoms with van der Waals surface area (Å²) in [6.45, 7) is 1.95. The number of allylic oxidation sites excluding steroid dienone is 4. The lowest BCUT2D eigenvalue weighted by Gasteiger charge is -2.17. The third kappa shape index (κ3) is 3.07. The van der Waals surface area contributed by atoms with Crippen molar-refractivity contribution >= 4 is 5.57 Å². The van der Waals surface area contributed by atoms with E-state index in [1.54, 1.807) is 6.07 Å². The van der Waals surface area contributed by atoms with Crippen molar-refractivity contribution in [1.82, 2.24) is 0 Å². The lowest BCUT2D eigenvalue weighted by Crippen LogP contribution is -2.19. The summed E-state index contributed by atoms with van der Waals surface area (Å²) < 4.78 is 54.2. The van der Waals surface area contributed by atoms with Gasteiger partial charge >= 0.3 is 0 Å². The molecule has 0 aliphatic heterocycles. The molecule has 0 saturated heterocycles. The molecular formula is C19H14F4. The summed E-state index contributed by atoms with van der Waals surface area (Å²) in [6, 6.07) is 12.0. The molecule has 2 unspecified atom stereocenters. The van der Waals surface area contributed by atoms with Gasteiger partial charge in [-0.2, -0.15) is 0 Å². The van der Waals surface area contributed by atoms with Crippen LogP contribution in [0.2, 0.25) is 0 Å². The van der Waals surface area contributed by atoms with E-state index in [4.69, 9.17) is 0 Å². The van der Waals surface area contributed by atoms with Crippen LogP contribution in [0.5, 0.6) is 0 Å². The van der Waals surface area contributed by atoms with Gasteiger partial charge in [-0.3, -0.25) is 0 Å². The molecule has 0 amide bonds. The molecule has 2 aromatic rings. The number of alkyl halides is 2. The molecule has 0 nitrogen and oxygen atoms in total. The Kier molecular flexibility index (Phi) is 4.07. The Bertz CT molecular complexity index is 788. The highest BCUT2D eigenvalue weighted by Gasteiger charge is 2.28. The fourth-order valence-corrected chi connectivity index (χ4v) is 2.53. The second-order valence-electron chi connectivity index (χ2n) is 5.56. The number of rotatable bonds is 2. The first-order valence-electron chi connectivity index (χ1n) is 7.20. The topological polar surface area (TPSA) is 0 Å². The summed E-state index contributed by atoms with van der Waals surface area (Å²) in [5.74, 6) is -1.83. The smallest absolute Gasteiger partial charge is 0.186 e. The summed E-state index contributed by atoms with van der Waals surface area (Å²) in [5, 5.41) is 0. The zero-order valence-corrected chi connectivity index (χ0v) is 12.4. The van der Waals surface area contributed by atoms with Gasteiger partial charge in [0.05, 0.1) is 0 Å². The Labute approximate surface area is 131 Å². The SMILES string of the molecule is Cc1ccc(-c2ccc(C3=CC(F)C(F)C(F)=C3)c(F)c2)cc1. The first-order chi connectivity index (χ1) is 11.0. The van der Waals surface area contributed by atoms with Crippen molar-refractivity contribution in [2.45, 2.75) is 19.3 Å². The first-order valence-corrected chi connectivity index (χ1v) is 7.20. The van der Waals surface area contributed by atoms with Crippen LogP contribution < -0.4 is 0 Å². The molecule has 0 spiro atoms. The van der Waals surface area contributed by atoms with E-state index in [1.165, 1.54) is 12.1 Å². The van der Waals surface area contributed by atoms with Crippen molar-refractivity contribution in [3.63, 3.8) is 0 Å². The van der Waals surface area contributed by atoms with Crippen LogP contribution in [0.3, 0.4) is 0 Å². The van der Waals surface area contributed by atoms with Crippen molar-refractivity contribution < 1.29 is 17.6 Å². The molecule has 2 aromatic carbocycles. The van der Waals surface area contributed by atoms with Gasteiger partial charge in [0.15, 0.2) is 12.3 Å². The van der Waals surface area contributed by atoms with E-state index < -0.39 is 24.0 Å². The number of hydrogen-bond donors (Lipinski definition) is 0. The molecule has 0 aromatic heterocycles. The van der Waals surface area contributed by atoms with Crippen LogP contribution in [0.25, 0.3) is 16.7 Å². The van der Waals surface area contributed by atoms with Crippen molar-refractivity contribution in [2.75, 3.05) is 0 Å². The predicted octanol–water partition coefficient (Wildman–Crippen LogP) is 5.73. The zero-order valence-electron chi connectivity index (χ0n) is 12.4. The molecule has 0 N–H and O–H groups in total. The number of benzene rings is 2. The lowest BCUT2D eigenvalue weighted by atomic mass is 9.94. The molecule has 0 bridgehead atoms. The van der Waals surface area contributed by atoms with Gasteiger partial charge in [-0.05, 0) is 41.8 Å². The van der Waals surface area contributed by atoms with E-state index in [2.05, 4.69) is 0 Å². The van der Waals surface area contributed by atoms with Crippen molar-refractivity contribution in [2.24, 2.45) is 0 Å². The summed E-state index contributed by atoms with van der Waals surface area (Å²) in [7, 11) is 0. The van der Waals surface area contributed by atoms with Gasteiger partial charge < -0.3 is 0 Å². The Balaban J connectivity index is 1.97. The Hall–Kier alpha value is -2.36. The van der Waals surface area contributed by atoms with E-state index in [9.17, 15) is 17.6 Å². The van der Waals surface area contributed by atoms with E-state index in [1.807, 2.05) is 31.2 Å². The molecule has 0 radical (unpaired) electrons. The summed E-state index contributed by atoms with van der Waals surface area (Å²) >= 11 is 0. The second-order valence-corrected chi connectivity index (χ2v) is 5.56. The highest BCUT2D eigenvalue weighted by Crippen LogP contribution is 2.32. The van der Waals surface area contributed by atoms with Crippen LogP contribution in [0.15, 0.2) is 60.4 Å². The number of halogens is 4. The van der Waals surface area contributed by atoms with Crippen LogP contribution in [0, 0.1) is 12.7 Å². The van der Waals surface area contributed by atoms with Crippen molar-refractivity contribution in [1.29, 1.82) is 0 Å². The van der Waals surface area contributed by atoms with E-state index >= 15 is 0 Å². The summed E-state index contributed by atoms with van der Waals surface area (Å²) in [6.07, 6.45) is -2.68. The Morgan fingerprint density at radius 3 is 2.13 bits per heavy atom. The Morgan fingerprint density at radius 1 is 0.870 bits per heavy atom. The van der Waals surface area contributed by atoms with E-state index in [0.29, 0.717) is 5.56 Å². The van der Waals surface area contributed by atoms with Gasteiger partial charge in [0.2, 0.25) is 0 Å². The van der Waals surface area contributed by atoms with Crippen LogP contribution in [-0.4, -0.2) is 12.3 Å². The molecule has 23 heavy (non-hydrogen) atoms. The average molecular weight is 318 g/mol. The largest absolute Gasteiger partial charge is 0.239 e. The molecule has 0 fully saturated rings. The minimum atomic E-state index is -2.31. The summed E-state index contributed by atoms with van der Waals surface area (Å²) in [5.41, 5.74) is 2.65. The molecule has 1 aliphatic rings. The second kappa shape index (κ2) is 6.03. The maximum Gasteiger partial charge on any atom is 0.186 e. The van der Waals surface area contributed by atoms with Gasteiger partial charge in [-0.15, -0.1) is 0 Å². The van der Waals surface area contributed by atoms with Gasteiger partial charge in [0.1, 0.15) is 11.6 Å². The highest BCUT2D eigenvalue weighted by atomic mass is 19.2. The highest BCUT2D eigenvalue weighted by molar-refractivity contribution is 5.78. The minimum Gasteiger partial charge on any atom is -0.239 e. The minimum absolute atomic E-state index is 0.0110. The standard InChI is InChI=1S/C19H14F4/c1-11-2-4-12(5-3-11)13-6-7-15(16(20)8-13)14-9-17(21)19(23)18(22)10-14/h2-10,17,19H,1H3. The van der Waals surface area contributed by atoms with Crippen molar-refractivity contribution in [3.05, 3.63) is 77.4 Å².